The van der Waals surface area contributed by atoms with Gasteiger partial charge in [0, 0.05) is 11.6 Å². The highest BCUT2D eigenvalue weighted by Gasteiger charge is 2.29. The molecular weight excluding hydrogens is 244 g/mol. The number of nitrogens with zero attached hydrogens (tertiary/aromatic N) is 1. The van der Waals surface area contributed by atoms with E-state index in [1.807, 2.05) is 12.3 Å². The maximum absolute atomic E-state index is 4.43. The first-order chi connectivity index (χ1) is 9.78. The molecule has 3 unspecified atom stereocenters. The van der Waals surface area contributed by atoms with E-state index >= 15 is 0 Å². The van der Waals surface area contributed by atoms with Crippen molar-refractivity contribution in [3.05, 3.63) is 42.1 Å². The van der Waals surface area contributed by atoms with Crippen LogP contribution in [0.5, 0.6) is 0 Å². The molecule has 106 valence electrons. The highest BCUT2D eigenvalue weighted by Crippen LogP contribution is 2.40. The Balaban J connectivity index is 1.93. The van der Waals surface area contributed by atoms with Gasteiger partial charge < -0.3 is 5.32 Å². The van der Waals surface area contributed by atoms with E-state index in [0.29, 0.717) is 5.92 Å². The lowest BCUT2D eigenvalue weighted by molar-refractivity contribution is 0.245. The lowest BCUT2D eigenvalue weighted by Gasteiger charge is -2.35. The van der Waals surface area contributed by atoms with Crippen LogP contribution in [0.25, 0.3) is 10.9 Å². The fraction of sp³-hybridized carbons (Fsp3) is 0.500. The summed E-state index contributed by atoms with van der Waals surface area (Å²) in [5.41, 5.74) is 2.60. The average Bonchev–Trinajstić information content (AvgIpc) is 2.49. The first-order valence-corrected chi connectivity index (χ1v) is 7.77. The van der Waals surface area contributed by atoms with Crippen LogP contribution in [0.4, 0.5) is 0 Å². The van der Waals surface area contributed by atoms with E-state index in [9.17, 15) is 0 Å². The number of pyridine rings is 1. The van der Waals surface area contributed by atoms with Crippen LogP contribution in [0, 0.1) is 11.8 Å². The third kappa shape index (κ3) is 2.71. The number of rotatable bonds is 3. The molecule has 1 heterocycles. The fourth-order valence-corrected chi connectivity index (χ4v) is 3.68. The highest BCUT2D eigenvalue weighted by molar-refractivity contribution is 5.79. The number of aromatic nitrogens is 1. The van der Waals surface area contributed by atoms with Gasteiger partial charge in [0.25, 0.3) is 0 Å². The van der Waals surface area contributed by atoms with Crippen molar-refractivity contribution in [2.45, 2.75) is 32.1 Å². The largest absolute Gasteiger partial charge is 0.319 e. The summed E-state index contributed by atoms with van der Waals surface area (Å²) >= 11 is 0. The third-order valence-corrected chi connectivity index (χ3v) is 4.78. The SMILES string of the molecule is CNCC1CCC(C)CC1c1ccc2ncccc2c1. The average molecular weight is 268 g/mol. The van der Waals surface area contributed by atoms with Gasteiger partial charge in [0.1, 0.15) is 0 Å². The monoisotopic (exact) mass is 268 g/mol. The van der Waals surface area contributed by atoms with Crippen LogP contribution in [-0.2, 0) is 0 Å². The summed E-state index contributed by atoms with van der Waals surface area (Å²) in [7, 11) is 2.07. The van der Waals surface area contributed by atoms with Gasteiger partial charge in [-0.3, -0.25) is 4.98 Å². The summed E-state index contributed by atoms with van der Waals surface area (Å²) in [6.07, 6.45) is 5.91. The Hall–Kier alpha value is -1.41. The predicted molar refractivity (Wildman–Crippen MR) is 84.9 cm³/mol. The minimum absolute atomic E-state index is 0.691. The number of nitrogens with one attached hydrogen (secondary N) is 1. The molecule has 1 aromatic carbocycles. The molecule has 3 rings (SSSR count). The molecule has 0 radical (unpaired) electrons. The molecular formula is C18H24N2. The zero-order valence-electron chi connectivity index (χ0n) is 12.5. The van der Waals surface area contributed by atoms with E-state index in [4.69, 9.17) is 0 Å². The smallest absolute Gasteiger partial charge is 0.0702 e. The predicted octanol–water partition coefficient (Wildman–Crippen LogP) is 3.97. The molecule has 0 amide bonds. The molecule has 0 aliphatic heterocycles. The Bertz CT molecular complexity index is 578. The maximum atomic E-state index is 4.43. The summed E-state index contributed by atoms with van der Waals surface area (Å²) < 4.78 is 0. The first kappa shape index (κ1) is 13.6. The topological polar surface area (TPSA) is 24.9 Å². The van der Waals surface area contributed by atoms with Crippen molar-refractivity contribution >= 4 is 10.9 Å². The maximum Gasteiger partial charge on any atom is 0.0702 e. The van der Waals surface area contributed by atoms with Crippen LogP contribution in [0.15, 0.2) is 36.5 Å². The quantitative estimate of drug-likeness (QED) is 0.911. The Morgan fingerprint density at radius 3 is 3.00 bits per heavy atom. The van der Waals surface area contributed by atoms with Crippen molar-refractivity contribution in [1.82, 2.24) is 10.3 Å². The Morgan fingerprint density at radius 2 is 2.15 bits per heavy atom. The second kappa shape index (κ2) is 5.92. The van der Waals surface area contributed by atoms with E-state index in [-0.39, 0.29) is 0 Å². The van der Waals surface area contributed by atoms with Gasteiger partial charge in [-0.1, -0.05) is 25.5 Å². The molecule has 1 fully saturated rings. The normalized spacial score (nSPS) is 26.8. The highest BCUT2D eigenvalue weighted by atomic mass is 14.8. The zero-order valence-corrected chi connectivity index (χ0v) is 12.5. The van der Waals surface area contributed by atoms with E-state index < -0.39 is 0 Å². The minimum Gasteiger partial charge on any atom is -0.319 e. The molecule has 1 aliphatic carbocycles. The standard InChI is InChI=1S/C18H24N2/c1-13-5-6-16(12-19-2)17(10-13)14-7-8-18-15(11-14)4-3-9-20-18/h3-4,7-9,11,13,16-17,19H,5-6,10,12H2,1-2H3. The summed E-state index contributed by atoms with van der Waals surface area (Å²) in [6.45, 7) is 3.52. The van der Waals surface area contributed by atoms with Gasteiger partial charge >= 0.3 is 0 Å². The molecule has 20 heavy (non-hydrogen) atoms. The minimum atomic E-state index is 0.691. The third-order valence-electron chi connectivity index (χ3n) is 4.78. The second-order valence-corrected chi connectivity index (χ2v) is 6.30. The Labute approximate surface area is 121 Å². The van der Waals surface area contributed by atoms with Crippen molar-refractivity contribution in [2.75, 3.05) is 13.6 Å². The van der Waals surface area contributed by atoms with E-state index in [1.165, 1.54) is 30.2 Å². The van der Waals surface area contributed by atoms with Crippen molar-refractivity contribution in [3.63, 3.8) is 0 Å². The van der Waals surface area contributed by atoms with Gasteiger partial charge in [-0.2, -0.15) is 0 Å². The summed E-state index contributed by atoms with van der Waals surface area (Å²) in [4.78, 5) is 4.43. The number of hydrogen-bond acceptors (Lipinski definition) is 2. The van der Waals surface area contributed by atoms with E-state index in [0.717, 1.165) is 23.9 Å². The molecule has 1 aromatic heterocycles. The summed E-state index contributed by atoms with van der Waals surface area (Å²) in [5.74, 6) is 2.30. The molecule has 2 aromatic rings. The van der Waals surface area contributed by atoms with Gasteiger partial charge in [-0.05, 0) is 68.0 Å². The van der Waals surface area contributed by atoms with Crippen LogP contribution in [0.3, 0.4) is 0 Å². The molecule has 1 aliphatic rings. The molecule has 0 saturated heterocycles. The van der Waals surface area contributed by atoms with Crippen molar-refractivity contribution in [1.29, 1.82) is 0 Å². The van der Waals surface area contributed by atoms with Crippen LogP contribution in [0.1, 0.15) is 37.7 Å². The van der Waals surface area contributed by atoms with Gasteiger partial charge in [0.05, 0.1) is 5.52 Å². The molecule has 2 heteroatoms. The number of hydrogen-bond donors (Lipinski definition) is 1. The Kier molecular flexibility index (Phi) is 4.02. The zero-order chi connectivity index (χ0) is 13.9. The molecule has 3 atom stereocenters. The summed E-state index contributed by atoms with van der Waals surface area (Å²) in [6, 6.07) is 11.0. The van der Waals surface area contributed by atoms with Crippen molar-refractivity contribution < 1.29 is 0 Å². The van der Waals surface area contributed by atoms with Crippen LogP contribution in [0.2, 0.25) is 0 Å². The van der Waals surface area contributed by atoms with Gasteiger partial charge in [-0.15, -0.1) is 0 Å². The van der Waals surface area contributed by atoms with Gasteiger partial charge in [0.2, 0.25) is 0 Å². The molecule has 2 nitrogen and oxygen atoms in total. The van der Waals surface area contributed by atoms with Crippen molar-refractivity contribution in [3.8, 4) is 0 Å². The van der Waals surface area contributed by atoms with Gasteiger partial charge in [0.15, 0.2) is 0 Å². The fourth-order valence-electron chi connectivity index (χ4n) is 3.68. The molecule has 0 bridgehead atoms. The van der Waals surface area contributed by atoms with E-state index in [2.05, 4.69) is 48.5 Å². The van der Waals surface area contributed by atoms with Gasteiger partial charge in [-0.25, -0.2) is 0 Å². The van der Waals surface area contributed by atoms with Crippen molar-refractivity contribution in [2.24, 2.45) is 11.8 Å². The lowest BCUT2D eigenvalue weighted by Crippen LogP contribution is -2.29. The second-order valence-electron chi connectivity index (χ2n) is 6.30. The molecule has 0 spiro atoms. The first-order valence-electron chi connectivity index (χ1n) is 7.77. The molecule has 1 saturated carbocycles. The van der Waals surface area contributed by atoms with Crippen LogP contribution < -0.4 is 5.32 Å². The summed E-state index contributed by atoms with van der Waals surface area (Å²) in [5, 5.41) is 4.65. The molecule has 1 N–H and O–H groups in total. The number of benzene rings is 1. The number of fused-ring (bicyclic) bond motifs is 1. The van der Waals surface area contributed by atoms with Crippen LogP contribution in [-0.4, -0.2) is 18.6 Å². The van der Waals surface area contributed by atoms with Crippen LogP contribution >= 0.6 is 0 Å². The Morgan fingerprint density at radius 1 is 1.25 bits per heavy atom. The van der Waals surface area contributed by atoms with E-state index in [1.54, 1.807) is 0 Å². The lowest BCUT2D eigenvalue weighted by atomic mass is 9.71.